The van der Waals surface area contributed by atoms with Crippen LogP contribution in [0.2, 0.25) is 0 Å². The summed E-state index contributed by atoms with van der Waals surface area (Å²) in [6, 6.07) is 54.5. The van der Waals surface area contributed by atoms with E-state index in [0.717, 1.165) is 51.7 Å². The van der Waals surface area contributed by atoms with Crippen LogP contribution in [0.4, 0.5) is 28.4 Å². The summed E-state index contributed by atoms with van der Waals surface area (Å²) in [5.41, 5.74) is 22.0. The number of fused-ring (bicyclic) bond motifs is 8. The molecule has 1 radical (unpaired) electrons. The maximum atomic E-state index is 7.11. The van der Waals surface area contributed by atoms with Gasteiger partial charge in [0.2, 0.25) is 0 Å². The summed E-state index contributed by atoms with van der Waals surface area (Å²) in [5.74, 6) is 0. The van der Waals surface area contributed by atoms with Crippen molar-refractivity contribution in [2.45, 2.75) is 110 Å². The summed E-state index contributed by atoms with van der Waals surface area (Å²) in [4.78, 5) is 2.60. The third-order valence-corrected chi connectivity index (χ3v) is 16.3. The number of para-hydroxylation sites is 1. The Bertz CT molecular complexity index is 3500. The average molecular weight is 872 g/mol. The summed E-state index contributed by atoms with van der Waals surface area (Å²) in [5, 5.41) is 8.67. The second-order valence-electron chi connectivity index (χ2n) is 22.6. The topological polar surface area (TPSA) is 28.4 Å². The van der Waals surface area contributed by atoms with Crippen LogP contribution in [0.25, 0.3) is 55.0 Å². The fraction of sp³-hybridized carbons (Fsp3) is 0.270. The van der Waals surface area contributed by atoms with Gasteiger partial charge in [0, 0.05) is 39.1 Å². The number of nitrogens with one attached hydrogen (secondary N) is 1. The first-order valence-corrected chi connectivity index (χ1v) is 24.5. The van der Waals surface area contributed by atoms with Crippen LogP contribution in [0.5, 0.6) is 0 Å². The lowest BCUT2D eigenvalue weighted by Gasteiger charge is -2.44. The van der Waals surface area contributed by atoms with Crippen LogP contribution in [0.15, 0.2) is 150 Å². The average Bonchev–Trinajstić information content (AvgIpc) is 3.70. The number of furan rings is 1. The maximum absolute atomic E-state index is 7.11. The molecule has 0 atom stereocenters. The minimum Gasteiger partial charge on any atom is -0.455 e. The third-order valence-electron chi connectivity index (χ3n) is 16.3. The third kappa shape index (κ3) is 6.61. The summed E-state index contributed by atoms with van der Waals surface area (Å²) in [7, 11) is 2.45. The van der Waals surface area contributed by atoms with Gasteiger partial charge in [0.1, 0.15) is 11.2 Å². The van der Waals surface area contributed by atoms with Gasteiger partial charge in [-0.05, 0) is 164 Å². The van der Waals surface area contributed by atoms with Crippen LogP contribution in [-0.2, 0) is 21.7 Å². The zero-order chi connectivity index (χ0) is 46.2. The van der Waals surface area contributed by atoms with Crippen molar-refractivity contribution in [3.8, 4) is 22.3 Å². The molecule has 331 valence electrons. The molecule has 1 aliphatic heterocycles. The fourth-order valence-electron chi connectivity index (χ4n) is 12.1. The van der Waals surface area contributed by atoms with E-state index in [-0.39, 0.29) is 21.7 Å². The van der Waals surface area contributed by atoms with Crippen LogP contribution in [0.3, 0.4) is 0 Å². The minimum absolute atomic E-state index is 0.0421. The lowest BCUT2D eigenvalue weighted by atomic mass is 9.57. The molecule has 12 rings (SSSR count). The molecule has 3 aliphatic rings. The SMILES string of the molecule is Cc1cc2c(cc1N1c3cc(-c4ccccc4)ccc3[B]c3c1cc1ccccc1c3-c1c(Nc3ccc4c(c3)C(C)(C)CCC4(C)C)ccc3c1oc1ccccc13)C(C)(C)CCC2(C)C. The van der Waals surface area contributed by atoms with Gasteiger partial charge in [-0.15, -0.1) is 0 Å². The van der Waals surface area contributed by atoms with Crippen molar-refractivity contribution in [3.63, 3.8) is 0 Å². The van der Waals surface area contributed by atoms with Crippen molar-refractivity contribution in [3.05, 3.63) is 173 Å². The molecule has 2 aliphatic carbocycles. The molecule has 0 saturated carbocycles. The van der Waals surface area contributed by atoms with Crippen molar-refractivity contribution in [2.75, 3.05) is 10.2 Å². The number of hydrogen-bond acceptors (Lipinski definition) is 3. The first-order chi connectivity index (χ1) is 32.1. The first-order valence-electron chi connectivity index (χ1n) is 24.5. The molecule has 8 aromatic carbocycles. The number of nitrogens with zero attached hydrogens (tertiary/aromatic N) is 1. The highest BCUT2D eigenvalue weighted by Crippen LogP contribution is 2.52. The summed E-state index contributed by atoms with van der Waals surface area (Å²) >= 11 is 0. The predicted molar refractivity (Wildman–Crippen MR) is 287 cm³/mol. The monoisotopic (exact) mass is 871 g/mol. The van der Waals surface area contributed by atoms with Crippen molar-refractivity contribution < 1.29 is 4.42 Å². The van der Waals surface area contributed by atoms with Crippen LogP contribution < -0.4 is 21.1 Å². The zero-order valence-electron chi connectivity index (χ0n) is 40.6. The van der Waals surface area contributed by atoms with Gasteiger partial charge in [0.05, 0.1) is 5.69 Å². The second-order valence-corrected chi connectivity index (χ2v) is 22.6. The molecule has 0 spiro atoms. The Balaban J connectivity index is 1.15. The van der Waals surface area contributed by atoms with Gasteiger partial charge < -0.3 is 14.6 Å². The quantitative estimate of drug-likeness (QED) is 0.175. The van der Waals surface area contributed by atoms with E-state index in [1.165, 1.54) is 96.1 Å². The Morgan fingerprint density at radius 1 is 0.493 bits per heavy atom. The number of hydrogen-bond donors (Lipinski definition) is 1. The summed E-state index contributed by atoms with van der Waals surface area (Å²) in [6.45, 7) is 21.7. The van der Waals surface area contributed by atoms with Gasteiger partial charge in [-0.2, -0.15) is 0 Å². The lowest BCUT2D eigenvalue weighted by Crippen LogP contribution is -2.41. The van der Waals surface area contributed by atoms with Crippen LogP contribution in [-0.4, -0.2) is 7.28 Å². The molecule has 2 heterocycles. The van der Waals surface area contributed by atoms with Gasteiger partial charge >= 0.3 is 0 Å². The van der Waals surface area contributed by atoms with Crippen molar-refractivity contribution in [1.82, 2.24) is 0 Å². The highest BCUT2D eigenvalue weighted by atomic mass is 16.3. The molecule has 4 heteroatoms. The minimum atomic E-state index is 0.0421. The van der Waals surface area contributed by atoms with E-state index in [1.807, 2.05) is 0 Å². The van der Waals surface area contributed by atoms with E-state index in [1.54, 1.807) is 0 Å². The number of benzene rings is 8. The van der Waals surface area contributed by atoms with E-state index in [9.17, 15) is 0 Å². The molecule has 9 aromatic rings. The molecule has 0 fully saturated rings. The molecular formula is C63H60BN2O. The van der Waals surface area contributed by atoms with Crippen molar-refractivity contribution >= 4 is 79.4 Å². The number of aryl methyl sites for hydroxylation is 1. The van der Waals surface area contributed by atoms with Gasteiger partial charge in [-0.3, -0.25) is 0 Å². The summed E-state index contributed by atoms with van der Waals surface area (Å²) < 4.78 is 7.11. The molecule has 0 unspecified atom stereocenters. The normalized spacial score (nSPS) is 17.4. The van der Waals surface area contributed by atoms with Gasteiger partial charge in [-0.1, -0.05) is 158 Å². The van der Waals surface area contributed by atoms with Gasteiger partial charge in [0.25, 0.3) is 0 Å². The Morgan fingerprint density at radius 2 is 1.13 bits per heavy atom. The largest absolute Gasteiger partial charge is 0.455 e. The maximum Gasteiger partial charge on any atom is 0.197 e. The van der Waals surface area contributed by atoms with E-state index in [2.05, 4.69) is 225 Å². The smallest absolute Gasteiger partial charge is 0.197 e. The Kier molecular flexibility index (Phi) is 9.21. The summed E-state index contributed by atoms with van der Waals surface area (Å²) in [6.07, 6.45) is 4.68. The molecule has 0 bridgehead atoms. The van der Waals surface area contributed by atoms with Crippen molar-refractivity contribution in [1.29, 1.82) is 0 Å². The number of anilines is 5. The Hall–Kier alpha value is -6.52. The Morgan fingerprint density at radius 3 is 1.88 bits per heavy atom. The first kappa shape index (κ1) is 41.9. The predicted octanol–water partition coefficient (Wildman–Crippen LogP) is 16.3. The molecule has 1 N–H and O–H groups in total. The second kappa shape index (κ2) is 14.7. The van der Waals surface area contributed by atoms with E-state index in [4.69, 9.17) is 4.42 Å². The molecular weight excluding hydrogens is 812 g/mol. The standard InChI is InChI=1S/C63H60BN2O/c1-38-33-47-49(63(8,9)32-31-61(47,4)5)37-52(38)66-53-34-40(39-17-11-10-12-18-39)23-27-50(53)64-58-54(66)35-41-19-13-14-20-43(41)56(58)57-51(28-25-45-44-21-15-16-22-55(44)67-59(45)57)65-42-24-26-46-48(36-42)62(6,7)30-29-60(46,2)3/h10-28,33-37,65H,29-32H2,1-9H3. The lowest BCUT2D eigenvalue weighted by molar-refractivity contribution is 0.332. The van der Waals surface area contributed by atoms with Crippen LogP contribution in [0, 0.1) is 6.92 Å². The number of rotatable bonds is 5. The van der Waals surface area contributed by atoms with Gasteiger partial charge in [-0.25, -0.2) is 0 Å². The molecule has 3 nitrogen and oxygen atoms in total. The van der Waals surface area contributed by atoms with Crippen LogP contribution in [0.1, 0.15) is 109 Å². The highest BCUT2D eigenvalue weighted by Gasteiger charge is 2.40. The van der Waals surface area contributed by atoms with E-state index < -0.39 is 0 Å². The van der Waals surface area contributed by atoms with E-state index >= 15 is 0 Å². The molecule has 67 heavy (non-hydrogen) atoms. The zero-order valence-corrected chi connectivity index (χ0v) is 40.6. The Labute approximate surface area is 397 Å². The van der Waals surface area contributed by atoms with Crippen molar-refractivity contribution in [2.24, 2.45) is 0 Å². The highest BCUT2D eigenvalue weighted by molar-refractivity contribution is 6.74. The van der Waals surface area contributed by atoms with Crippen LogP contribution >= 0.6 is 0 Å². The van der Waals surface area contributed by atoms with Gasteiger partial charge in [0.15, 0.2) is 7.28 Å². The molecule has 0 amide bonds. The van der Waals surface area contributed by atoms with E-state index in [0.29, 0.717) is 0 Å². The molecule has 0 saturated heterocycles. The fourth-order valence-corrected chi connectivity index (χ4v) is 12.1. The molecule has 1 aromatic heterocycles.